The first-order valence-electron chi connectivity index (χ1n) is 8.20. The van der Waals surface area contributed by atoms with Crippen molar-refractivity contribution in [3.63, 3.8) is 0 Å². The fraction of sp³-hybridized carbons (Fsp3) is 0.316. The number of likely N-dealkylation sites (N-methyl/N-ethyl adjacent to an activating group) is 1. The summed E-state index contributed by atoms with van der Waals surface area (Å²) < 4.78 is 28.8. The van der Waals surface area contributed by atoms with E-state index in [1.54, 1.807) is 12.1 Å². The number of hydrogen-bond donors (Lipinski definition) is 1. The van der Waals surface area contributed by atoms with Crippen molar-refractivity contribution in [2.24, 2.45) is 0 Å². The van der Waals surface area contributed by atoms with E-state index < -0.39 is 9.84 Å². The Morgan fingerprint density at radius 2 is 1.81 bits per heavy atom. The first-order valence-corrected chi connectivity index (χ1v) is 10.1. The van der Waals surface area contributed by atoms with Crippen LogP contribution >= 0.6 is 0 Å². The van der Waals surface area contributed by atoms with Crippen LogP contribution < -0.4 is 10.1 Å². The van der Waals surface area contributed by atoms with Crippen molar-refractivity contribution in [3.05, 3.63) is 59.7 Å². The second-order valence-electron chi connectivity index (χ2n) is 6.28. The molecular formula is C19H24N2O4S. The third kappa shape index (κ3) is 6.16. The lowest BCUT2D eigenvalue weighted by atomic mass is 10.2. The predicted molar refractivity (Wildman–Crippen MR) is 101 cm³/mol. The number of sulfone groups is 1. The molecule has 0 aliphatic rings. The Labute approximate surface area is 154 Å². The molecule has 0 spiro atoms. The van der Waals surface area contributed by atoms with Crippen molar-refractivity contribution in [1.82, 2.24) is 10.2 Å². The standard InChI is InChI=1S/C19H24N2O4S/c1-21(2)11-12-25-17-9-7-15(8-10-17)14-20-19(22)16-5-4-6-18(13-16)26(3,23)24/h4-10,13H,11-12,14H2,1-3H3,(H,20,22). The number of carbonyl (C=O) groups excluding carboxylic acids is 1. The normalized spacial score (nSPS) is 11.4. The minimum absolute atomic E-state index is 0.129. The van der Waals surface area contributed by atoms with Gasteiger partial charge in [-0.15, -0.1) is 0 Å². The summed E-state index contributed by atoms with van der Waals surface area (Å²) in [6.45, 7) is 1.80. The lowest BCUT2D eigenvalue weighted by Crippen LogP contribution is -2.23. The van der Waals surface area contributed by atoms with E-state index in [9.17, 15) is 13.2 Å². The SMILES string of the molecule is CN(C)CCOc1ccc(CNC(=O)c2cccc(S(C)(=O)=O)c2)cc1. The molecule has 2 rings (SSSR count). The molecule has 0 atom stereocenters. The van der Waals surface area contributed by atoms with Crippen LogP contribution in [-0.4, -0.2) is 52.7 Å². The summed E-state index contributed by atoms with van der Waals surface area (Å²) in [6.07, 6.45) is 1.12. The fourth-order valence-corrected chi connectivity index (χ4v) is 2.87. The van der Waals surface area contributed by atoms with Crippen molar-refractivity contribution >= 4 is 15.7 Å². The molecule has 1 amide bonds. The Morgan fingerprint density at radius 3 is 2.42 bits per heavy atom. The molecule has 0 radical (unpaired) electrons. The van der Waals surface area contributed by atoms with Gasteiger partial charge in [0.15, 0.2) is 9.84 Å². The molecule has 0 unspecified atom stereocenters. The molecule has 140 valence electrons. The molecule has 0 aliphatic heterocycles. The van der Waals surface area contributed by atoms with Crippen LogP contribution in [0.5, 0.6) is 5.75 Å². The zero-order chi connectivity index (χ0) is 19.2. The van der Waals surface area contributed by atoms with Gasteiger partial charge in [0.1, 0.15) is 12.4 Å². The Kier molecular flexibility index (Phi) is 6.76. The second kappa shape index (κ2) is 8.82. The van der Waals surface area contributed by atoms with Crippen LogP contribution in [0.2, 0.25) is 0 Å². The summed E-state index contributed by atoms with van der Waals surface area (Å²) in [6, 6.07) is 13.5. The summed E-state index contributed by atoms with van der Waals surface area (Å²) >= 11 is 0. The van der Waals surface area contributed by atoms with Crippen LogP contribution in [0.4, 0.5) is 0 Å². The Balaban J connectivity index is 1.91. The van der Waals surface area contributed by atoms with Crippen molar-refractivity contribution < 1.29 is 17.9 Å². The second-order valence-corrected chi connectivity index (χ2v) is 8.29. The molecule has 2 aromatic rings. The summed E-state index contributed by atoms with van der Waals surface area (Å²) in [4.78, 5) is 14.4. The molecule has 0 fully saturated rings. The van der Waals surface area contributed by atoms with Crippen molar-refractivity contribution in [3.8, 4) is 5.75 Å². The van der Waals surface area contributed by atoms with Gasteiger partial charge in [0.05, 0.1) is 4.90 Å². The molecule has 26 heavy (non-hydrogen) atoms. The first kappa shape index (κ1) is 19.9. The van der Waals surface area contributed by atoms with E-state index in [-0.39, 0.29) is 10.8 Å². The summed E-state index contributed by atoms with van der Waals surface area (Å²) in [5.41, 5.74) is 1.24. The molecule has 0 aliphatic carbocycles. The number of amides is 1. The van der Waals surface area contributed by atoms with Crippen molar-refractivity contribution in [1.29, 1.82) is 0 Å². The topological polar surface area (TPSA) is 75.7 Å². The average Bonchev–Trinajstić information content (AvgIpc) is 2.60. The molecule has 0 heterocycles. The fourth-order valence-electron chi connectivity index (χ4n) is 2.20. The van der Waals surface area contributed by atoms with Crippen LogP contribution in [-0.2, 0) is 16.4 Å². The lowest BCUT2D eigenvalue weighted by Gasteiger charge is -2.11. The van der Waals surface area contributed by atoms with E-state index in [2.05, 4.69) is 5.32 Å². The van der Waals surface area contributed by atoms with Gasteiger partial charge in [-0.2, -0.15) is 0 Å². The van der Waals surface area contributed by atoms with Crippen LogP contribution in [0.1, 0.15) is 15.9 Å². The van der Waals surface area contributed by atoms with E-state index in [0.29, 0.717) is 18.7 Å². The van der Waals surface area contributed by atoms with Gasteiger partial charge in [-0.3, -0.25) is 4.79 Å². The van der Waals surface area contributed by atoms with E-state index >= 15 is 0 Å². The van der Waals surface area contributed by atoms with Gasteiger partial charge in [0, 0.05) is 24.9 Å². The maximum atomic E-state index is 12.2. The van der Waals surface area contributed by atoms with Gasteiger partial charge in [-0.1, -0.05) is 18.2 Å². The highest BCUT2D eigenvalue weighted by Gasteiger charge is 2.11. The molecule has 6 nitrogen and oxygen atoms in total. The Morgan fingerprint density at radius 1 is 1.12 bits per heavy atom. The van der Waals surface area contributed by atoms with Gasteiger partial charge in [-0.25, -0.2) is 8.42 Å². The molecule has 0 saturated heterocycles. The monoisotopic (exact) mass is 376 g/mol. The number of hydrogen-bond acceptors (Lipinski definition) is 5. The van der Waals surface area contributed by atoms with Gasteiger partial charge in [0.25, 0.3) is 5.91 Å². The molecule has 1 N–H and O–H groups in total. The van der Waals surface area contributed by atoms with E-state index in [1.165, 1.54) is 12.1 Å². The molecule has 0 aromatic heterocycles. The summed E-state index contributed by atoms with van der Waals surface area (Å²) in [5.74, 6) is 0.463. The highest BCUT2D eigenvalue weighted by Crippen LogP contribution is 2.13. The predicted octanol–water partition coefficient (Wildman–Crippen LogP) is 1.96. The van der Waals surface area contributed by atoms with Gasteiger partial charge < -0.3 is 15.0 Å². The number of carbonyl (C=O) groups is 1. The van der Waals surface area contributed by atoms with Gasteiger partial charge in [0.2, 0.25) is 0 Å². The Hall–Kier alpha value is -2.38. The summed E-state index contributed by atoms with van der Waals surface area (Å²) in [5, 5.41) is 2.79. The number of rotatable bonds is 8. The molecule has 7 heteroatoms. The zero-order valence-electron chi connectivity index (χ0n) is 15.2. The van der Waals surface area contributed by atoms with E-state index in [1.807, 2.05) is 43.3 Å². The first-order chi connectivity index (χ1) is 12.3. The molecule has 0 bridgehead atoms. The van der Waals surface area contributed by atoms with Gasteiger partial charge >= 0.3 is 0 Å². The molecular weight excluding hydrogens is 352 g/mol. The van der Waals surface area contributed by atoms with E-state index in [0.717, 1.165) is 24.1 Å². The van der Waals surface area contributed by atoms with Crippen LogP contribution in [0.15, 0.2) is 53.4 Å². The Bertz CT molecular complexity index is 846. The van der Waals surface area contributed by atoms with Crippen molar-refractivity contribution in [2.75, 3.05) is 33.5 Å². The third-order valence-corrected chi connectivity index (χ3v) is 4.82. The quantitative estimate of drug-likeness (QED) is 0.762. The largest absolute Gasteiger partial charge is 0.492 e. The maximum absolute atomic E-state index is 12.2. The molecule has 2 aromatic carbocycles. The number of nitrogens with one attached hydrogen (secondary N) is 1. The third-order valence-electron chi connectivity index (χ3n) is 3.71. The number of ether oxygens (including phenoxy) is 1. The summed E-state index contributed by atoms with van der Waals surface area (Å²) in [7, 11) is 0.633. The highest BCUT2D eigenvalue weighted by molar-refractivity contribution is 7.90. The lowest BCUT2D eigenvalue weighted by molar-refractivity contribution is 0.0950. The smallest absolute Gasteiger partial charge is 0.251 e. The van der Waals surface area contributed by atoms with Crippen molar-refractivity contribution in [2.45, 2.75) is 11.4 Å². The van der Waals surface area contributed by atoms with Gasteiger partial charge in [-0.05, 0) is 50.0 Å². The van der Waals surface area contributed by atoms with E-state index in [4.69, 9.17) is 4.74 Å². The number of nitrogens with zero attached hydrogens (tertiary/aromatic N) is 1. The maximum Gasteiger partial charge on any atom is 0.251 e. The number of benzene rings is 2. The zero-order valence-corrected chi connectivity index (χ0v) is 16.0. The van der Waals surface area contributed by atoms with Crippen LogP contribution in [0, 0.1) is 0 Å². The molecule has 0 saturated carbocycles. The van der Waals surface area contributed by atoms with Crippen LogP contribution in [0.3, 0.4) is 0 Å². The minimum atomic E-state index is -3.34. The highest BCUT2D eigenvalue weighted by atomic mass is 32.2. The minimum Gasteiger partial charge on any atom is -0.492 e. The average molecular weight is 376 g/mol. The van der Waals surface area contributed by atoms with Crippen LogP contribution in [0.25, 0.3) is 0 Å².